The summed E-state index contributed by atoms with van der Waals surface area (Å²) < 4.78 is 5.54. The van der Waals surface area contributed by atoms with Crippen molar-refractivity contribution < 1.29 is 14.3 Å². The fourth-order valence-corrected chi connectivity index (χ4v) is 4.05. The molecule has 6 nitrogen and oxygen atoms in total. The molecule has 0 fully saturated rings. The molecule has 0 N–H and O–H groups in total. The van der Waals surface area contributed by atoms with Crippen LogP contribution in [0.3, 0.4) is 0 Å². The lowest BCUT2D eigenvalue weighted by molar-refractivity contribution is -0.120. The van der Waals surface area contributed by atoms with Gasteiger partial charge in [0.2, 0.25) is 0 Å². The van der Waals surface area contributed by atoms with E-state index in [9.17, 15) is 9.59 Å². The van der Waals surface area contributed by atoms with Gasteiger partial charge in [0.1, 0.15) is 11.4 Å². The lowest BCUT2D eigenvalue weighted by Gasteiger charge is -2.22. The number of methoxy groups -OCH3 is 1. The molecule has 33 heavy (non-hydrogen) atoms. The van der Waals surface area contributed by atoms with Crippen molar-refractivity contribution in [3.8, 4) is 5.75 Å². The molecule has 168 valence electrons. The first kappa shape index (κ1) is 22.1. The molecular formula is C27H27N3O3. The van der Waals surface area contributed by atoms with Crippen LogP contribution in [-0.4, -0.2) is 45.0 Å². The molecule has 0 aromatic heterocycles. The fraction of sp³-hybridized carbons (Fsp3) is 0.185. The van der Waals surface area contributed by atoms with Gasteiger partial charge in [-0.15, -0.1) is 0 Å². The highest BCUT2D eigenvalue weighted by atomic mass is 16.5. The van der Waals surface area contributed by atoms with Crippen molar-refractivity contribution in [1.29, 1.82) is 0 Å². The lowest BCUT2D eigenvalue weighted by atomic mass is 10.0. The predicted molar refractivity (Wildman–Crippen MR) is 131 cm³/mol. The van der Waals surface area contributed by atoms with E-state index in [0.717, 1.165) is 11.3 Å². The standard InChI is InChI=1S/C27H27N3O3/c1-28(2)20-13-10-14-21(17-20)30-26(31)24(22-15-8-9-16-23(22)33-4)25(27(30)32)29(3)18-19-11-6-5-7-12-19/h5-17H,18H2,1-4H3. The maximum Gasteiger partial charge on any atom is 0.282 e. The third-order valence-electron chi connectivity index (χ3n) is 5.68. The topological polar surface area (TPSA) is 53.1 Å². The van der Waals surface area contributed by atoms with Gasteiger partial charge in [-0.1, -0.05) is 54.6 Å². The van der Waals surface area contributed by atoms with E-state index < -0.39 is 0 Å². The number of rotatable bonds is 7. The van der Waals surface area contributed by atoms with Crippen molar-refractivity contribution in [2.45, 2.75) is 6.54 Å². The average Bonchev–Trinajstić information content (AvgIpc) is 3.09. The van der Waals surface area contributed by atoms with Crippen LogP contribution in [0.1, 0.15) is 11.1 Å². The second-order valence-electron chi connectivity index (χ2n) is 8.13. The molecule has 1 heterocycles. The Balaban J connectivity index is 1.84. The van der Waals surface area contributed by atoms with Gasteiger partial charge >= 0.3 is 0 Å². The monoisotopic (exact) mass is 441 g/mol. The molecule has 4 rings (SSSR count). The normalized spacial score (nSPS) is 13.5. The highest BCUT2D eigenvalue weighted by molar-refractivity contribution is 6.45. The first-order valence-electron chi connectivity index (χ1n) is 10.7. The summed E-state index contributed by atoms with van der Waals surface area (Å²) in [7, 11) is 7.24. The quantitative estimate of drug-likeness (QED) is 0.515. The zero-order valence-electron chi connectivity index (χ0n) is 19.3. The van der Waals surface area contributed by atoms with Crippen LogP contribution in [0.25, 0.3) is 5.57 Å². The molecule has 0 spiro atoms. The summed E-state index contributed by atoms with van der Waals surface area (Å²) in [6, 6.07) is 24.6. The van der Waals surface area contributed by atoms with Crippen LogP contribution < -0.4 is 14.5 Å². The van der Waals surface area contributed by atoms with Crippen LogP contribution in [0.4, 0.5) is 11.4 Å². The maximum atomic E-state index is 13.8. The molecule has 0 atom stereocenters. The number of hydrogen-bond donors (Lipinski definition) is 0. The van der Waals surface area contributed by atoms with Crippen molar-refractivity contribution in [3.05, 3.63) is 95.7 Å². The molecule has 0 saturated carbocycles. The lowest BCUT2D eigenvalue weighted by Crippen LogP contribution is -2.34. The van der Waals surface area contributed by atoms with E-state index >= 15 is 0 Å². The van der Waals surface area contributed by atoms with Crippen molar-refractivity contribution >= 4 is 28.8 Å². The largest absolute Gasteiger partial charge is 0.496 e. The molecule has 3 aromatic rings. The van der Waals surface area contributed by atoms with Gasteiger partial charge in [0.25, 0.3) is 11.8 Å². The Kier molecular flexibility index (Phi) is 6.18. The molecule has 6 heteroatoms. The van der Waals surface area contributed by atoms with Gasteiger partial charge in [0.05, 0.1) is 18.4 Å². The van der Waals surface area contributed by atoms with Gasteiger partial charge in [-0.05, 0) is 29.8 Å². The van der Waals surface area contributed by atoms with E-state index in [-0.39, 0.29) is 11.8 Å². The molecule has 2 amide bonds. The summed E-state index contributed by atoms with van der Waals surface area (Å²) in [6.45, 7) is 0.486. The summed E-state index contributed by atoms with van der Waals surface area (Å²) in [5.41, 5.74) is 3.76. The molecule has 1 aliphatic rings. The number of carbonyl (C=O) groups excluding carboxylic acids is 2. The number of ether oxygens (including phenoxy) is 1. The smallest absolute Gasteiger partial charge is 0.282 e. The Morgan fingerprint density at radius 2 is 1.52 bits per heavy atom. The van der Waals surface area contributed by atoms with Crippen molar-refractivity contribution in [2.75, 3.05) is 38.1 Å². The van der Waals surface area contributed by atoms with Crippen molar-refractivity contribution in [2.24, 2.45) is 0 Å². The Morgan fingerprint density at radius 1 is 0.818 bits per heavy atom. The molecule has 0 saturated heterocycles. The van der Waals surface area contributed by atoms with Crippen LogP contribution in [0.2, 0.25) is 0 Å². The zero-order chi connectivity index (χ0) is 23.5. The number of anilines is 2. The number of amides is 2. The number of nitrogens with zero attached hydrogens (tertiary/aromatic N) is 3. The van der Waals surface area contributed by atoms with E-state index in [1.807, 2.05) is 97.7 Å². The minimum atomic E-state index is -0.365. The van der Waals surface area contributed by atoms with Crippen LogP contribution in [-0.2, 0) is 16.1 Å². The molecule has 0 aliphatic carbocycles. The van der Waals surface area contributed by atoms with E-state index in [1.165, 1.54) is 4.90 Å². The van der Waals surface area contributed by atoms with E-state index in [1.54, 1.807) is 19.2 Å². The summed E-state index contributed by atoms with van der Waals surface area (Å²) in [6.07, 6.45) is 0. The van der Waals surface area contributed by atoms with Crippen LogP contribution in [0.15, 0.2) is 84.6 Å². The second-order valence-corrected chi connectivity index (χ2v) is 8.13. The summed E-state index contributed by atoms with van der Waals surface area (Å²) in [5.74, 6) is -0.172. The minimum Gasteiger partial charge on any atom is -0.496 e. The highest BCUT2D eigenvalue weighted by Crippen LogP contribution is 2.38. The van der Waals surface area contributed by atoms with E-state index in [4.69, 9.17) is 4.74 Å². The average molecular weight is 442 g/mol. The number of likely N-dealkylation sites (N-methyl/N-ethyl adjacent to an activating group) is 1. The molecular weight excluding hydrogens is 414 g/mol. The molecule has 0 bridgehead atoms. The van der Waals surface area contributed by atoms with Crippen molar-refractivity contribution in [1.82, 2.24) is 4.90 Å². The highest BCUT2D eigenvalue weighted by Gasteiger charge is 2.42. The van der Waals surface area contributed by atoms with Crippen molar-refractivity contribution in [3.63, 3.8) is 0 Å². The van der Waals surface area contributed by atoms with Crippen LogP contribution >= 0.6 is 0 Å². The maximum absolute atomic E-state index is 13.8. The van der Waals surface area contributed by atoms with Gasteiger partial charge in [0.15, 0.2) is 0 Å². The number of benzene rings is 3. The summed E-state index contributed by atoms with van der Waals surface area (Å²) >= 11 is 0. The number of carbonyl (C=O) groups is 2. The fourth-order valence-electron chi connectivity index (χ4n) is 4.05. The molecule has 3 aromatic carbocycles. The number of para-hydroxylation sites is 1. The molecule has 1 aliphatic heterocycles. The third kappa shape index (κ3) is 4.20. The first-order chi connectivity index (χ1) is 15.9. The van der Waals surface area contributed by atoms with E-state index in [2.05, 4.69) is 0 Å². The number of imide groups is 1. The Morgan fingerprint density at radius 3 is 2.21 bits per heavy atom. The third-order valence-corrected chi connectivity index (χ3v) is 5.68. The van der Waals surface area contributed by atoms with Gasteiger partial charge < -0.3 is 14.5 Å². The SMILES string of the molecule is COc1ccccc1C1=C(N(C)Cc2ccccc2)C(=O)N(c2cccc(N(C)C)c2)C1=O. The van der Waals surface area contributed by atoms with E-state index in [0.29, 0.717) is 34.8 Å². The summed E-state index contributed by atoms with van der Waals surface area (Å²) in [5, 5.41) is 0. The number of hydrogen-bond acceptors (Lipinski definition) is 5. The molecule has 0 unspecified atom stereocenters. The molecule has 0 radical (unpaired) electrons. The first-order valence-corrected chi connectivity index (χ1v) is 10.7. The van der Waals surface area contributed by atoms with Gasteiger partial charge in [-0.3, -0.25) is 9.59 Å². The zero-order valence-corrected chi connectivity index (χ0v) is 19.3. The Bertz CT molecular complexity index is 1220. The summed E-state index contributed by atoms with van der Waals surface area (Å²) in [4.78, 5) is 32.6. The predicted octanol–water partition coefficient (Wildman–Crippen LogP) is 4.18. The second kappa shape index (κ2) is 9.20. The van der Waals surface area contributed by atoms with Gasteiger partial charge in [-0.25, -0.2) is 4.90 Å². The minimum absolute atomic E-state index is 0.339. The van der Waals surface area contributed by atoms with Gasteiger partial charge in [0, 0.05) is 38.9 Å². The van der Waals surface area contributed by atoms with Crippen LogP contribution in [0, 0.1) is 0 Å². The van der Waals surface area contributed by atoms with Gasteiger partial charge in [-0.2, -0.15) is 0 Å². The van der Waals surface area contributed by atoms with Crippen LogP contribution in [0.5, 0.6) is 5.75 Å². The Hall–Kier alpha value is -4.06. The Labute approximate surface area is 194 Å².